The minimum atomic E-state index is -4.75. The van der Waals surface area contributed by atoms with Crippen LogP contribution in [0, 0.1) is 11.3 Å². The van der Waals surface area contributed by atoms with Gasteiger partial charge in [-0.3, -0.25) is 14.5 Å². The average molecular weight is 518 g/mol. The molecule has 0 saturated carbocycles. The fourth-order valence-electron chi connectivity index (χ4n) is 4.32. The van der Waals surface area contributed by atoms with Crippen LogP contribution in [0.5, 0.6) is 5.75 Å². The molecule has 1 unspecified atom stereocenters. The lowest BCUT2D eigenvalue weighted by atomic mass is 9.94. The Morgan fingerprint density at radius 2 is 2.00 bits per heavy atom. The number of esters is 1. The van der Waals surface area contributed by atoms with Crippen molar-refractivity contribution in [1.82, 2.24) is 4.90 Å². The second-order valence-electron chi connectivity index (χ2n) is 8.33. The topological polar surface area (TPSA) is 82.9 Å². The third-order valence-electron chi connectivity index (χ3n) is 6.04. The molecule has 0 N–H and O–H groups in total. The average Bonchev–Trinajstić information content (AvgIpc) is 3.08. The number of carbonyl (C=O) groups is 2. The van der Waals surface area contributed by atoms with Gasteiger partial charge in [-0.1, -0.05) is 6.07 Å². The number of nitriles is 1. The van der Waals surface area contributed by atoms with Crippen LogP contribution in [0.2, 0.25) is 0 Å². The van der Waals surface area contributed by atoms with Crippen molar-refractivity contribution < 1.29 is 32.2 Å². The Morgan fingerprint density at radius 1 is 1.22 bits per heavy atom. The lowest BCUT2D eigenvalue weighted by Crippen LogP contribution is -2.39. The lowest BCUT2D eigenvalue weighted by molar-refractivity contribution is -0.143. The van der Waals surface area contributed by atoms with Crippen molar-refractivity contribution in [3.8, 4) is 11.8 Å². The van der Waals surface area contributed by atoms with Gasteiger partial charge in [0.1, 0.15) is 11.8 Å². The normalized spacial score (nSPS) is 16.9. The zero-order chi connectivity index (χ0) is 26.0. The number of alkyl halides is 3. The first-order chi connectivity index (χ1) is 17.1. The molecule has 1 fully saturated rings. The van der Waals surface area contributed by atoms with Gasteiger partial charge in [-0.2, -0.15) is 18.4 Å². The Hall–Kier alpha value is -3.65. The SMILES string of the molecule is CCOC(=O)CCCOc1ccc2c(c1)CN1C(=S)N(c3ccc(C#N)c(C(F)(F)F)c3)C(=O)C1C2. The summed E-state index contributed by atoms with van der Waals surface area (Å²) in [4.78, 5) is 27.4. The summed E-state index contributed by atoms with van der Waals surface area (Å²) >= 11 is 5.50. The van der Waals surface area contributed by atoms with E-state index in [9.17, 15) is 22.8 Å². The van der Waals surface area contributed by atoms with Crippen LogP contribution >= 0.6 is 12.2 Å². The molecule has 2 aromatic carbocycles. The Morgan fingerprint density at radius 3 is 2.69 bits per heavy atom. The molecule has 11 heteroatoms. The predicted octanol–water partition coefficient (Wildman–Crippen LogP) is 4.36. The van der Waals surface area contributed by atoms with Crippen LogP contribution < -0.4 is 9.64 Å². The van der Waals surface area contributed by atoms with E-state index in [4.69, 9.17) is 27.0 Å². The number of carbonyl (C=O) groups excluding carboxylic acids is 2. The number of benzene rings is 2. The van der Waals surface area contributed by atoms with Crippen LogP contribution in [0.1, 0.15) is 42.0 Å². The van der Waals surface area contributed by atoms with Crippen LogP contribution in [-0.2, 0) is 33.5 Å². The van der Waals surface area contributed by atoms with Gasteiger partial charge in [0.25, 0.3) is 5.91 Å². The van der Waals surface area contributed by atoms with Crippen LogP contribution in [0.3, 0.4) is 0 Å². The van der Waals surface area contributed by atoms with Crippen LogP contribution in [-0.4, -0.2) is 41.1 Å². The highest BCUT2D eigenvalue weighted by atomic mass is 32.1. The van der Waals surface area contributed by atoms with Crippen molar-refractivity contribution in [2.45, 2.75) is 44.9 Å². The molecule has 4 rings (SSSR count). The van der Waals surface area contributed by atoms with Gasteiger partial charge in [-0.25, -0.2) is 0 Å². The monoisotopic (exact) mass is 517 g/mol. The van der Waals surface area contributed by atoms with E-state index in [2.05, 4.69) is 0 Å². The first-order valence-electron chi connectivity index (χ1n) is 11.3. The quantitative estimate of drug-likeness (QED) is 0.307. The summed E-state index contributed by atoms with van der Waals surface area (Å²) < 4.78 is 51.0. The third kappa shape index (κ3) is 4.99. The van der Waals surface area contributed by atoms with E-state index >= 15 is 0 Å². The maximum Gasteiger partial charge on any atom is 0.417 e. The summed E-state index contributed by atoms with van der Waals surface area (Å²) in [5, 5.41) is 9.16. The van der Waals surface area contributed by atoms with Crippen LogP contribution in [0.15, 0.2) is 36.4 Å². The molecule has 7 nitrogen and oxygen atoms in total. The molecule has 1 saturated heterocycles. The van der Waals surface area contributed by atoms with Crippen molar-refractivity contribution in [2.24, 2.45) is 0 Å². The number of nitrogens with zero attached hydrogens (tertiary/aromatic N) is 3. The Bertz CT molecular complexity index is 1260. The molecule has 2 heterocycles. The van der Waals surface area contributed by atoms with Crippen molar-refractivity contribution in [3.63, 3.8) is 0 Å². The van der Waals surface area contributed by atoms with E-state index in [0.717, 1.165) is 28.2 Å². The van der Waals surface area contributed by atoms with Gasteiger partial charge in [0.2, 0.25) is 0 Å². The van der Waals surface area contributed by atoms with Crippen molar-refractivity contribution in [3.05, 3.63) is 58.7 Å². The Labute approximate surface area is 211 Å². The first kappa shape index (κ1) is 25.4. The maximum atomic E-state index is 13.5. The minimum Gasteiger partial charge on any atom is -0.494 e. The van der Waals surface area contributed by atoms with E-state index in [0.29, 0.717) is 38.3 Å². The van der Waals surface area contributed by atoms with E-state index in [1.54, 1.807) is 17.9 Å². The van der Waals surface area contributed by atoms with E-state index in [1.807, 2.05) is 12.1 Å². The number of anilines is 1. The first-order valence-corrected chi connectivity index (χ1v) is 11.7. The summed E-state index contributed by atoms with van der Waals surface area (Å²) in [7, 11) is 0. The molecule has 2 aliphatic rings. The molecule has 188 valence electrons. The predicted molar refractivity (Wildman–Crippen MR) is 127 cm³/mol. The number of hydrogen-bond donors (Lipinski definition) is 0. The second kappa shape index (κ2) is 10.1. The highest BCUT2D eigenvalue weighted by Crippen LogP contribution is 2.38. The lowest BCUT2D eigenvalue weighted by Gasteiger charge is -2.30. The number of hydrogen-bond acceptors (Lipinski definition) is 6. The van der Waals surface area contributed by atoms with Crippen molar-refractivity contribution in [1.29, 1.82) is 5.26 Å². The second-order valence-corrected chi connectivity index (χ2v) is 8.70. The standard InChI is InChI=1S/C25H22F3N3O4S/c1-2-34-22(32)4-3-9-35-19-8-6-15-11-21-23(33)31(24(36)30(21)14-17(15)10-19)18-7-5-16(13-29)20(12-18)25(26,27)28/h5-8,10,12,21H,2-4,9,11,14H2,1H3. The number of thiocarbonyl (C=S) groups is 1. The number of amides is 1. The largest absolute Gasteiger partial charge is 0.494 e. The smallest absolute Gasteiger partial charge is 0.417 e. The maximum absolute atomic E-state index is 13.5. The van der Waals surface area contributed by atoms with Crippen LogP contribution in [0.4, 0.5) is 18.9 Å². The number of ether oxygens (including phenoxy) is 2. The van der Waals surface area contributed by atoms with Gasteiger partial charge in [0.15, 0.2) is 5.11 Å². The molecule has 0 bridgehead atoms. The number of fused-ring (bicyclic) bond motifs is 2. The van der Waals surface area contributed by atoms with Gasteiger partial charge < -0.3 is 14.4 Å². The molecule has 2 aliphatic heterocycles. The molecule has 1 atom stereocenters. The van der Waals surface area contributed by atoms with Gasteiger partial charge in [0.05, 0.1) is 36.1 Å². The number of rotatable bonds is 7. The molecule has 0 aliphatic carbocycles. The Balaban J connectivity index is 1.49. The zero-order valence-electron chi connectivity index (χ0n) is 19.3. The van der Waals surface area contributed by atoms with E-state index in [1.165, 1.54) is 12.1 Å². The van der Waals surface area contributed by atoms with E-state index in [-0.39, 0.29) is 23.2 Å². The molecule has 0 spiro atoms. The molecule has 36 heavy (non-hydrogen) atoms. The summed E-state index contributed by atoms with van der Waals surface area (Å²) in [6.45, 7) is 2.70. The molecule has 2 aromatic rings. The summed E-state index contributed by atoms with van der Waals surface area (Å²) in [5.41, 5.74) is 0.144. The summed E-state index contributed by atoms with van der Waals surface area (Å²) in [6.07, 6.45) is -3.65. The minimum absolute atomic E-state index is 0.0274. The fraction of sp³-hybridized carbons (Fsp3) is 0.360. The molecular weight excluding hydrogens is 495 g/mol. The van der Waals surface area contributed by atoms with Gasteiger partial charge in [-0.05, 0) is 67.0 Å². The van der Waals surface area contributed by atoms with Crippen LogP contribution in [0.25, 0.3) is 0 Å². The van der Waals surface area contributed by atoms with Crippen molar-refractivity contribution >= 4 is 34.9 Å². The highest BCUT2D eigenvalue weighted by Gasteiger charge is 2.46. The Kier molecular flexibility index (Phi) is 7.17. The molecule has 0 radical (unpaired) electrons. The summed E-state index contributed by atoms with van der Waals surface area (Å²) in [6, 6.07) is 9.52. The number of halogens is 3. The van der Waals surface area contributed by atoms with Gasteiger partial charge in [-0.15, -0.1) is 0 Å². The van der Waals surface area contributed by atoms with E-state index < -0.39 is 29.3 Å². The molecule has 1 amide bonds. The fourth-order valence-corrected chi connectivity index (χ4v) is 4.71. The highest BCUT2D eigenvalue weighted by molar-refractivity contribution is 7.80. The zero-order valence-corrected chi connectivity index (χ0v) is 20.1. The molecular formula is C25H22F3N3O4S. The summed E-state index contributed by atoms with van der Waals surface area (Å²) in [5.74, 6) is -0.0898. The van der Waals surface area contributed by atoms with Gasteiger partial charge >= 0.3 is 12.1 Å². The third-order valence-corrected chi connectivity index (χ3v) is 6.45. The molecule has 0 aromatic heterocycles. The van der Waals surface area contributed by atoms with Gasteiger partial charge in [0, 0.05) is 19.4 Å². The van der Waals surface area contributed by atoms with Crippen molar-refractivity contribution in [2.75, 3.05) is 18.1 Å².